The third-order valence-electron chi connectivity index (χ3n) is 3.64. The van der Waals surface area contributed by atoms with Crippen molar-refractivity contribution in [3.05, 3.63) is 90.0 Å². The van der Waals surface area contributed by atoms with Gasteiger partial charge in [0, 0.05) is 17.1 Å². The fourth-order valence-electron chi connectivity index (χ4n) is 2.45. The number of phenols is 1. The van der Waals surface area contributed by atoms with Crippen LogP contribution in [0.5, 0.6) is 5.75 Å². The molecule has 0 saturated carbocycles. The molecule has 122 valence electrons. The highest BCUT2D eigenvalue weighted by molar-refractivity contribution is 7.84. The van der Waals surface area contributed by atoms with Crippen molar-refractivity contribution in [2.75, 3.05) is 5.32 Å². The first-order chi connectivity index (χ1) is 11.7. The lowest BCUT2D eigenvalue weighted by molar-refractivity contribution is 0.474. The van der Waals surface area contributed by atoms with Crippen LogP contribution in [-0.2, 0) is 23.1 Å². The number of phenolic OH excluding ortho intramolecular Hbond substituents is 1. The molecular formula is C20H19NO2S. The van der Waals surface area contributed by atoms with Gasteiger partial charge in [-0.1, -0.05) is 42.5 Å². The van der Waals surface area contributed by atoms with E-state index in [4.69, 9.17) is 0 Å². The predicted octanol–water partition coefficient (Wildman–Crippen LogP) is 4.31. The van der Waals surface area contributed by atoms with E-state index in [-0.39, 0.29) is 5.75 Å². The summed E-state index contributed by atoms with van der Waals surface area (Å²) in [6.07, 6.45) is 0. The molecule has 0 unspecified atom stereocenters. The van der Waals surface area contributed by atoms with Gasteiger partial charge in [-0.25, -0.2) is 0 Å². The van der Waals surface area contributed by atoms with Crippen LogP contribution in [0.4, 0.5) is 5.69 Å². The zero-order valence-corrected chi connectivity index (χ0v) is 14.0. The summed E-state index contributed by atoms with van der Waals surface area (Å²) in [5.41, 5.74) is 3.01. The van der Waals surface area contributed by atoms with Crippen molar-refractivity contribution in [1.29, 1.82) is 0 Å². The molecule has 24 heavy (non-hydrogen) atoms. The highest BCUT2D eigenvalue weighted by Gasteiger charge is 2.05. The molecule has 0 aliphatic heterocycles. The van der Waals surface area contributed by atoms with Gasteiger partial charge in [-0.05, 0) is 47.5 Å². The van der Waals surface area contributed by atoms with Gasteiger partial charge in [0.2, 0.25) is 0 Å². The molecule has 0 aliphatic rings. The predicted molar refractivity (Wildman–Crippen MR) is 98.4 cm³/mol. The molecule has 0 amide bonds. The Hall–Kier alpha value is -2.59. The minimum atomic E-state index is -1.05. The first-order valence-electron chi connectivity index (χ1n) is 7.75. The molecular weight excluding hydrogens is 318 g/mol. The first-order valence-corrected chi connectivity index (χ1v) is 9.07. The topological polar surface area (TPSA) is 49.3 Å². The quantitative estimate of drug-likeness (QED) is 0.704. The summed E-state index contributed by atoms with van der Waals surface area (Å²) in [6.45, 7) is 0.625. The van der Waals surface area contributed by atoms with Gasteiger partial charge in [-0.3, -0.25) is 4.21 Å². The zero-order valence-electron chi connectivity index (χ0n) is 13.2. The molecule has 0 bridgehead atoms. The van der Waals surface area contributed by atoms with Crippen molar-refractivity contribution in [1.82, 2.24) is 0 Å². The Balaban J connectivity index is 1.65. The van der Waals surface area contributed by atoms with E-state index >= 15 is 0 Å². The zero-order chi connectivity index (χ0) is 16.8. The van der Waals surface area contributed by atoms with Gasteiger partial charge in [0.15, 0.2) is 0 Å². The van der Waals surface area contributed by atoms with Crippen molar-refractivity contribution < 1.29 is 9.32 Å². The molecule has 0 aromatic heterocycles. The summed E-state index contributed by atoms with van der Waals surface area (Å²) < 4.78 is 12.4. The number of rotatable bonds is 6. The van der Waals surface area contributed by atoms with Crippen LogP contribution in [0.2, 0.25) is 0 Å². The van der Waals surface area contributed by atoms with Crippen LogP contribution in [0.25, 0.3) is 0 Å². The Bertz CT molecular complexity index is 834. The molecule has 0 fully saturated rings. The van der Waals surface area contributed by atoms with Gasteiger partial charge < -0.3 is 10.4 Å². The van der Waals surface area contributed by atoms with Crippen molar-refractivity contribution in [3.8, 4) is 5.75 Å². The van der Waals surface area contributed by atoms with Crippen LogP contribution in [0.1, 0.15) is 11.1 Å². The average Bonchev–Trinajstić information content (AvgIpc) is 2.61. The molecule has 0 aliphatic carbocycles. The van der Waals surface area contributed by atoms with E-state index < -0.39 is 10.8 Å². The van der Waals surface area contributed by atoms with Gasteiger partial charge >= 0.3 is 0 Å². The van der Waals surface area contributed by atoms with Gasteiger partial charge in [-0.2, -0.15) is 0 Å². The number of anilines is 1. The highest BCUT2D eigenvalue weighted by Crippen LogP contribution is 2.17. The molecule has 3 aromatic rings. The van der Waals surface area contributed by atoms with Crippen LogP contribution in [0.15, 0.2) is 83.8 Å². The van der Waals surface area contributed by atoms with E-state index in [0.29, 0.717) is 12.3 Å². The normalized spacial score (nSPS) is 11.8. The van der Waals surface area contributed by atoms with Gasteiger partial charge in [0.05, 0.1) is 16.6 Å². The molecule has 3 nitrogen and oxygen atoms in total. The van der Waals surface area contributed by atoms with Crippen LogP contribution in [-0.4, -0.2) is 9.32 Å². The Morgan fingerprint density at radius 2 is 1.58 bits per heavy atom. The molecule has 0 saturated heterocycles. The Kier molecular flexibility index (Phi) is 5.29. The molecule has 2 N–H and O–H groups in total. The molecule has 3 aromatic carbocycles. The molecule has 3 rings (SSSR count). The number of benzene rings is 3. The van der Waals surface area contributed by atoms with Crippen molar-refractivity contribution in [2.24, 2.45) is 0 Å². The lowest BCUT2D eigenvalue weighted by Crippen LogP contribution is -2.01. The standard InChI is InChI=1S/C20H19NO2S/c22-19-9-5-6-16(13-19)14-21-18-8-4-7-17(12-18)15-24(23)20-10-2-1-3-11-20/h1-13,21-22H,14-15H2/t24-/m0/s1. The van der Waals surface area contributed by atoms with E-state index in [0.717, 1.165) is 21.7 Å². The summed E-state index contributed by atoms with van der Waals surface area (Å²) in [6, 6.07) is 24.6. The smallest absolute Gasteiger partial charge is 0.115 e. The van der Waals surface area contributed by atoms with E-state index in [9.17, 15) is 9.32 Å². The Morgan fingerprint density at radius 1 is 0.833 bits per heavy atom. The van der Waals surface area contributed by atoms with Crippen LogP contribution in [0, 0.1) is 0 Å². The van der Waals surface area contributed by atoms with E-state index in [1.807, 2.05) is 66.7 Å². The van der Waals surface area contributed by atoms with E-state index in [1.54, 1.807) is 12.1 Å². The van der Waals surface area contributed by atoms with Crippen molar-refractivity contribution in [3.63, 3.8) is 0 Å². The maximum Gasteiger partial charge on any atom is 0.115 e. The maximum absolute atomic E-state index is 12.4. The number of aromatic hydroxyl groups is 1. The number of hydrogen-bond acceptors (Lipinski definition) is 3. The molecule has 4 heteroatoms. The molecule has 1 atom stereocenters. The second-order valence-electron chi connectivity index (χ2n) is 5.53. The molecule has 0 radical (unpaired) electrons. The minimum Gasteiger partial charge on any atom is -0.508 e. The average molecular weight is 337 g/mol. The number of hydrogen-bond donors (Lipinski definition) is 2. The Morgan fingerprint density at radius 3 is 2.38 bits per heavy atom. The second-order valence-corrected chi connectivity index (χ2v) is 6.98. The second kappa shape index (κ2) is 7.79. The largest absolute Gasteiger partial charge is 0.508 e. The summed E-state index contributed by atoms with van der Waals surface area (Å²) in [4.78, 5) is 0.843. The SMILES string of the molecule is O=[S@@](Cc1cccc(NCc2cccc(O)c2)c1)c1ccccc1. The van der Waals surface area contributed by atoms with Gasteiger partial charge in [0.1, 0.15) is 5.75 Å². The third-order valence-corrected chi connectivity index (χ3v) is 5.03. The monoisotopic (exact) mass is 337 g/mol. The molecule has 0 spiro atoms. The third kappa shape index (κ3) is 4.46. The summed E-state index contributed by atoms with van der Waals surface area (Å²) >= 11 is 0. The fraction of sp³-hybridized carbons (Fsp3) is 0.100. The summed E-state index contributed by atoms with van der Waals surface area (Å²) in [7, 11) is -1.05. The van der Waals surface area contributed by atoms with E-state index in [1.165, 1.54) is 0 Å². The van der Waals surface area contributed by atoms with E-state index in [2.05, 4.69) is 5.32 Å². The maximum atomic E-state index is 12.4. The van der Waals surface area contributed by atoms with Crippen LogP contribution < -0.4 is 5.32 Å². The van der Waals surface area contributed by atoms with Crippen LogP contribution >= 0.6 is 0 Å². The van der Waals surface area contributed by atoms with Gasteiger partial charge in [0.25, 0.3) is 0 Å². The van der Waals surface area contributed by atoms with Crippen molar-refractivity contribution >= 4 is 16.5 Å². The van der Waals surface area contributed by atoms with Gasteiger partial charge in [-0.15, -0.1) is 0 Å². The van der Waals surface area contributed by atoms with Crippen molar-refractivity contribution in [2.45, 2.75) is 17.2 Å². The summed E-state index contributed by atoms with van der Waals surface area (Å²) in [5, 5.41) is 12.8. The highest BCUT2D eigenvalue weighted by atomic mass is 32.2. The Labute approximate surface area is 144 Å². The van der Waals surface area contributed by atoms with Crippen LogP contribution in [0.3, 0.4) is 0 Å². The fourth-order valence-corrected chi connectivity index (χ4v) is 3.56. The lowest BCUT2D eigenvalue weighted by Gasteiger charge is -2.09. The summed E-state index contributed by atoms with van der Waals surface area (Å²) in [5.74, 6) is 0.757. The first kappa shape index (κ1) is 16.3. The lowest BCUT2D eigenvalue weighted by atomic mass is 10.2. The minimum absolute atomic E-state index is 0.265. The molecule has 0 heterocycles. The number of nitrogens with one attached hydrogen (secondary N) is 1.